The van der Waals surface area contributed by atoms with Gasteiger partial charge in [-0.1, -0.05) is 55.1 Å². The number of benzene rings is 3. The van der Waals surface area contributed by atoms with Gasteiger partial charge in [-0.3, -0.25) is 0 Å². The standard InChI is InChI=1S/C22H16O4/c1-2-16-13-14-19(21(23)25-17-9-5-3-6-10-17)20(15-16)22(24)26-18-11-7-4-8-12-18/h2-15H,1H2. The molecule has 4 nitrogen and oxygen atoms in total. The van der Waals surface area contributed by atoms with Crippen molar-refractivity contribution in [2.24, 2.45) is 0 Å². The predicted molar refractivity (Wildman–Crippen MR) is 99.3 cm³/mol. The summed E-state index contributed by atoms with van der Waals surface area (Å²) in [5.74, 6) is -0.483. The van der Waals surface area contributed by atoms with Crippen LogP contribution in [0.3, 0.4) is 0 Å². The SMILES string of the molecule is C=Cc1ccc(C(=O)Oc2ccccc2)c(C(=O)Oc2ccccc2)c1. The average Bonchev–Trinajstić information content (AvgIpc) is 2.69. The second-order valence-corrected chi connectivity index (χ2v) is 5.41. The van der Waals surface area contributed by atoms with Gasteiger partial charge in [-0.15, -0.1) is 0 Å². The van der Waals surface area contributed by atoms with Crippen LogP contribution in [0, 0.1) is 0 Å². The number of rotatable bonds is 5. The van der Waals surface area contributed by atoms with Crippen LogP contribution in [0.25, 0.3) is 6.08 Å². The van der Waals surface area contributed by atoms with Crippen LogP contribution >= 0.6 is 0 Å². The lowest BCUT2D eigenvalue weighted by Crippen LogP contribution is -2.17. The van der Waals surface area contributed by atoms with Gasteiger partial charge in [-0.05, 0) is 42.0 Å². The van der Waals surface area contributed by atoms with E-state index in [9.17, 15) is 9.59 Å². The minimum absolute atomic E-state index is 0.118. The molecule has 0 bridgehead atoms. The highest BCUT2D eigenvalue weighted by Crippen LogP contribution is 2.20. The summed E-state index contributed by atoms with van der Waals surface area (Å²) >= 11 is 0. The molecule has 0 atom stereocenters. The van der Waals surface area contributed by atoms with Crippen molar-refractivity contribution < 1.29 is 19.1 Å². The zero-order valence-corrected chi connectivity index (χ0v) is 13.9. The largest absolute Gasteiger partial charge is 0.423 e. The number of carbonyl (C=O) groups excluding carboxylic acids is 2. The lowest BCUT2D eigenvalue weighted by molar-refractivity contribution is 0.0692. The number of para-hydroxylation sites is 2. The summed E-state index contributed by atoms with van der Waals surface area (Å²) in [6, 6.07) is 22.1. The molecule has 26 heavy (non-hydrogen) atoms. The Balaban J connectivity index is 1.91. The fourth-order valence-corrected chi connectivity index (χ4v) is 2.34. The lowest BCUT2D eigenvalue weighted by atomic mass is 10.0. The molecule has 0 fully saturated rings. The van der Waals surface area contributed by atoms with Crippen LogP contribution in [-0.4, -0.2) is 11.9 Å². The third-order valence-corrected chi connectivity index (χ3v) is 3.63. The van der Waals surface area contributed by atoms with E-state index in [1.165, 1.54) is 6.07 Å². The van der Waals surface area contributed by atoms with Gasteiger partial charge in [0.05, 0.1) is 11.1 Å². The van der Waals surface area contributed by atoms with Crippen LogP contribution in [0.1, 0.15) is 26.3 Å². The maximum Gasteiger partial charge on any atom is 0.344 e. The van der Waals surface area contributed by atoms with Crippen molar-refractivity contribution in [3.8, 4) is 11.5 Å². The maximum atomic E-state index is 12.6. The number of carbonyl (C=O) groups is 2. The van der Waals surface area contributed by atoms with Crippen LogP contribution in [-0.2, 0) is 0 Å². The molecule has 0 saturated carbocycles. The summed E-state index contributed by atoms with van der Waals surface area (Å²) < 4.78 is 10.7. The van der Waals surface area contributed by atoms with Crippen LogP contribution in [0.5, 0.6) is 11.5 Å². The Kier molecular flexibility index (Phi) is 5.25. The van der Waals surface area contributed by atoms with E-state index in [1.807, 2.05) is 12.1 Å². The van der Waals surface area contributed by atoms with Gasteiger partial charge in [-0.2, -0.15) is 0 Å². The van der Waals surface area contributed by atoms with Crippen molar-refractivity contribution in [1.82, 2.24) is 0 Å². The Hall–Kier alpha value is -3.66. The minimum Gasteiger partial charge on any atom is -0.423 e. The quantitative estimate of drug-likeness (QED) is 0.494. The summed E-state index contributed by atoms with van der Waals surface area (Å²) in [6.07, 6.45) is 1.59. The number of ether oxygens (including phenoxy) is 2. The molecule has 0 aliphatic carbocycles. The van der Waals surface area contributed by atoms with Gasteiger partial charge in [0, 0.05) is 0 Å². The second kappa shape index (κ2) is 7.94. The van der Waals surface area contributed by atoms with E-state index < -0.39 is 11.9 Å². The molecular formula is C22H16O4. The molecule has 0 radical (unpaired) electrons. The smallest absolute Gasteiger partial charge is 0.344 e. The summed E-state index contributed by atoms with van der Waals surface area (Å²) in [5, 5.41) is 0. The highest BCUT2D eigenvalue weighted by molar-refractivity contribution is 6.04. The molecule has 3 aromatic rings. The highest BCUT2D eigenvalue weighted by Gasteiger charge is 2.21. The van der Waals surface area contributed by atoms with Crippen LogP contribution in [0.2, 0.25) is 0 Å². The van der Waals surface area contributed by atoms with Gasteiger partial charge >= 0.3 is 11.9 Å². The first kappa shape index (κ1) is 17.2. The number of hydrogen-bond acceptors (Lipinski definition) is 4. The average molecular weight is 344 g/mol. The van der Waals surface area contributed by atoms with Crippen LogP contribution < -0.4 is 9.47 Å². The Morgan fingerprint density at radius 3 is 1.69 bits per heavy atom. The van der Waals surface area contributed by atoms with Gasteiger partial charge in [0.1, 0.15) is 11.5 Å². The van der Waals surface area contributed by atoms with E-state index >= 15 is 0 Å². The van der Waals surface area contributed by atoms with E-state index in [0.717, 1.165) is 0 Å². The normalized spacial score (nSPS) is 10.0. The fourth-order valence-electron chi connectivity index (χ4n) is 2.34. The molecule has 0 aliphatic rings. The molecule has 0 aliphatic heterocycles. The molecule has 0 saturated heterocycles. The molecule has 4 heteroatoms. The Morgan fingerprint density at radius 1 is 0.692 bits per heavy atom. The molecule has 0 heterocycles. The van der Waals surface area contributed by atoms with Crippen LogP contribution in [0.4, 0.5) is 0 Å². The van der Waals surface area contributed by atoms with Gasteiger partial charge < -0.3 is 9.47 Å². The van der Waals surface area contributed by atoms with E-state index in [4.69, 9.17) is 9.47 Å². The summed E-state index contributed by atoms with van der Waals surface area (Å²) in [7, 11) is 0. The Bertz CT molecular complexity index is 931. The summed E-state index contributed by atoms with van der Waals surface area (Å²) in [6.45, 7) is 3.69. The van der Waals surface area contributed by atoms with Crippen molar-refractivity contribution in [1.29, 1.82) is 0 Å². The van der Waals surface area contributed by atoms with E-state index in [1.54, 1.807) is 66.7 Å². The van der Waals surface area contributed by atoms with Crippen molar-refractivity contribution in [2.75, 3.05) is 0 Å². The third kappa shape index (κ3) is 4.05. The van der Waals surface area contributed by atoms with Gasteiger partial charge in [-0.25, -0.2) is 9.59 Å². The van der Waals surface area contributed by atoms with Gasteiger partial charge in [0.25, 0.3) is 0 Å². The van der Waals surface area contributed by atoms with Crippen molar-refractivity contribution in [3.05, 3.63) is 102 Å². The third-order valence-electron chi connectivity index (χ3n) is 3.63. The minimum atomic E-state index is -0.639. The zero-order chi connectivity index (χ0) is 18.4. The first-order chi connectivity index (χ1) is 12.7. The molecule has 0 N–H and O–H groups in total. The predicted octanol–water partition coefficient (Wildman–Crippen LogP) is 4.77. The Morgan fingerprint density at radius 2 is 1.19 bits per heavy atom. The molecule has 0 unspecified atom stereocenters. The summed E-state index contributed by atoms with van der Waals surface area (Å²) in [4.78, 5) is 25.1. The van der Waals surface area contributed by atoms with Crippen molar-refractivity contribution in [3.63, 3.8) is 0 Å². The van der Waals surface area contributed by atoms with Gasteiger partial charge in [0.2, 0.25) is 0 Å². The highest BCUT2D eigenvalue weighted by atomic mass is 16.5. The molecule has 0 amide bonds. The summed E-state index contributed by atoms with van der Waals surface area (Å²) in [5.41, 5.74) is 0.939. The lowest BCUT2D eigenvalue weighted by Gasteiger charge is -2.10. The first-order valence-electron chi connectivity index (χ1n) is 7.98. The maximum absolute atomic E-state index is 12.6. The van der Waals surface area contributed by atoms with Crippen molar-refractivity contribution in [2.45, 2.75) is 0 Å². The zero-order valence-electron chi connectivity index (χ0n) is 13.9. The first-order valence-corrected chi connectivity index (χ1v) is 7.98. The molecule has 3 rings (SSSR count). The number of hydrogen-bond donors (Lipinski definition) is 0. The van der Waals surface area contributed by atoms with E-state index in [0.29, 0.717) is 17.1 Å². The second-order valence-electron chi connectivity index (χ2n) is 5.41. The molecule has 3 aromatic carbocycles. The monoisotopic (exact) mass is 344 g/mol. The molecule has 0 aromatic heterocycles. The number of esters is 2. The molecule has 128 valence electrons. The molecule has 0 spiro atoms. The Labute approximate surface area is 151 Å². The van der Waals surface area contributed by atoms with Gasteiger partial charge in [0.15, 0.2) is 0 Å². The van der Waals surface area contributed by atoms with E-state index in [-0.39, 0.29) is 11.1 Å². The van der Waals surface area contributed by atoms with Crippen molar-refractivity contribution >= 4 is 18.0 Å². The topological polar surface area (TPSA) is 52.6 Å². The fraction of sp³-hybridized carbons (Fsp3) is 0. The molecular weight excluding hydrogens is 328 g/mol. The van der Waals surface area contributed by atoms with E-state index in [2.05, 4.69) is 6.58 Å². The van der Waals surface area contributed by atoms with Crippen LogP contribution in [0.15, 0.2) is 85.4 Å².